The molecule has 0 saturated carbocycles. The zero-order valence-corrected chi connectivity index (χ0v) is 16.2. The molecule has 0 fully saturated rings. The van der Waals surface area contributed by atoms with Gasteiger partial charge in [-0.1, -0.05) is 78.9 Å². The second kappa shape index (κ2) is 7.37. The molecule has 0 aliphatic heterocycles. The standard InChI is InChI=1S/C27H19NO2/c29-27(30)20-15-13-18(14-16-20)21-9-6-10-22(17-21)25-23-11-4-5-12-24(23)28-26(25)19-7-2-1-3-8-19/h1-17,28H,(H,29,30). The van der Waals surface area contributed by atoms with Gasteiger partial charge < -0.3 is 10.1 Å². The largest absolute Gasteiger partial charge is 0.478 e. The van der Waals surface area contributed by atoms with Crippen molar-refractivity contribution in [1.29, 1.82) is 0 Å². The highest BCUT2D eigenvalue weighted by atomic mass is 16.4. The summed E-state index contributed by atoms with van der Waals surface area (Å²) >= 11 is 0. The maximum absolute atomic E-state index is 11.2. The van der Waals surface area contributed by atoms with Gasteiger partial charge in [0.05, 0.1) is 11.3 Å². The summed E-state index contributed by atoms with van der Waals surface area (Å²) in [6.45, 7) is 0. The van der Waals surface area contributed by atoms with Crippen LogP contribution in [0, 0.1) is 0 Å². The summed E-state index contributed by atoms with van der Waals surface area (Å²) in [6, 6.07) is 34.1. The molecule has 4 aromatic carbocycles. The van der Waals surface area contributed by atoms with E-state index in [0.29, 0.717) is 0 Å². The number of hydrogen-bond donors (Lipinski definition) is 2. The summed E-state index contributed by atoms with van der Waals surface area (Å²) in [7, 11) is 0. The van der Waals surface area contributed by atoms with Crippen molar-refractivity contribution in [2.24, 2.45) is 0 Å². The summed E-state index contributed by atoms with van der Waals surface area (Å²) in [5.74, 6) is -0.915. The SMILES string of the molecule is O=C(O)c1ccc(-c2cccc(-c3c(-c4ccccc4)[nH]c4ccccc34)c2)cc1. The first-order valence-electron chi connectivity index (χ1n) is 9.81. The van der Waals surface area contributed by atoms with Crippen LogP contribution in [0.5, 0.6) is 0 Å². The molecule has 0 bridgehead atoms. The fourth-order valence-electron chi connectivity index (χ4n) is 3.92. The van der Waals surface area contributed by atoms with Crippen LogP contribution in [0.15, 0.2) is 103 Å². The number of carbonyl (C=O) groups is 1. The lowest BCUT2D eigenvalue weighted by Crippen LogP contribution is -1.94. The van der Waals surface area contributed by atoms with E-state index in [0.717, 1.165) is 33.5 Å². The lowest BCUT2D eigenvalue weighted by molar-refractivity contribution is 0.0697. The van der Waals surface area contributed by atoms with Crippen LogP contribution in [0.1, 0.15) is 10.4 Å². The van der Waals surface area contributed by atoms with Crippen molar-refractivity contribution in [3.05, 3.63) is 109 Å². The smallest absolute Gasteiger partial charge is 0.335 e. The molecular formula is C27H19NO2. The highest BCUT2D eigenvalue weighted by Gasteiger charge is 2.15. The molecule has 144 valence electrons. The molecule has 0 spiro atoms. The van der Waals surface area contributed by atoms with Gasteiger partial charge in [-0.3, -0.25) is 0 Å². The minimum atomic E-state index is -0.915. The highest BCUT2D eigenvalue weighted by molar-refractivity contribution is 6.04. The molecule has 5 rings (SSSR count). The number of aromatic nitrogens is 1. The second-order valence-electron chi connectivity index (χ2n) is 7.25. The number of fused-ring (bicyclic) bond motifs is 1. The molecule has 30 heavy (non-hydrogen) atoms. The monoisotopic (exact) mass is 389 g/mol. The van der Waals surface area contributed by atoms with Crippen LogP contribution in [-0.2, 0) is 0 Å². The summed E-state index contributed by atoms with van der Waals surface area (Å²) in [6.07, 6.45) is 0. The Morgan fingerprint density at radius 2 is 1.30 bits per heavy atom. The van der Waals surface area contributed by atoms with Gasteiger partial charge in [-0.25, -0.2) is 4.79 Å². The van der Waals surface area contributed by atoms with Crippen molar-refractivity contribution in [2.75, 3.05) is 0 Å². The first-order chi connectivity index (χ1) is 14.7. The van der Waals surface area contributed by atoms with Gasteiger partial charge in [0.15, 0.2) is 0 Å². The minimum absolute atomic E-state index is 0.290. The number of aromatic amines is 1. The predicted molar refractivity (Wildman–Crippen MR) is 122 cm³/mol. The van der Waals surface area contributed by atoms with Crippen molar-refractivity contribution in [2.45, 2.75) is 0 Å². The zero-order chi connectivity index (χ0) is 20.5. The Balaban J connectivity index is 1.68. The third-order valence-electron chi connectivity index (χ3n) is 5.38. The van der Waals surface area contributed by atoms with Gasteiger partial charge in [0.25, 0.3) is 0 Å². The molecule has 5 aromatic rings. The first-order valence-corrected chi connectivity index (χ1v) is 9.81. The van der Waals surface area contributed by atoms with Crippen molar-refractivity contribution in [3.8, 4) is 33.5 Å². The van der Waals surface area contributed by atoms with Gasteiger partial charge in [-0.15, -0.1) is 0 Å². The molecule has 3 nitrogen and oxygen atoms in total. The van der Waals surface area contributed by atoms with E-state index in [1.54, 1.807) is 12.1 Å². The van der Waals surface area contributed by atoms with Crippen molar-refractivity contribution < 1.29 is 9.90 Å². The number of benzene rings is 4. The molecule has 0 atom stereocenters. The first kappa shape index (κ1) is 18.0. The van der Waals surface area contributed by atoms with Crippen molar-refractivity contribution >= 4 is 16.9 Å². The van der Waals surface area contributed by atoms with E-state index >= 15 is 0 Å². The van der Waals surface area contributed by atoms with Gasteiger partial charge in [-0.05, 0) is 46.5 Å². The van der Waals surface area contributed by atoms with Crippen LogP contribution in [-0.4, -0.2) is 16.1 Å². The Morgan fingerprint density at radius 1 is 0.633 bits per heavy atom. The summed E-state index contributed by atoms with van der Waals surface area (Å²) < 4.78 is 0. The van der Waals surface area contributed by atoms with E-state index in [2.05, 4.69) is 53.5 Å². The van der Waals surface area contributed by atoms with Gasteiger partial charge in [0.2, 0.25) is 0 Å². The summed E-state index contributed by atoms with van der Waals surface area (Å²) in [4.78, 5) is 14.7. The van der Waals surface area contributed by atoms with Crippen LogP contribution < -0.4 is 0 Å². The lowest BCUT2D eigenvalue weighted by atomic mass is 9.95. The highest BCUT2D eigenvalue weighted by Crippen LogP contribution is 2.39. The quantitative estimate of drug-likeness (QED) is 0.352. The number of carboxylic acids is 1. The van der Waals surface area contributed by atoms with Crippen LogP contribution in [0.3, 0.4) is 0 Å². The van der Waals surface area contributed by atoms with E-state index in [1.807, 2.05) is 42.5 Å². The molecule has 0 radical (unpaired) electrons. The zero-order valence-electron chi connectivity index (χ0n) is 16.2. The molecule has 0 amide bonds. The maximum Gasteiger partial charge on any atom is 0.335 e. The third-order valence-corrected chi connectivity index (χ3v) is 5.38. The molecule has 2 N–H and O–H groups in total. The number of rotatable bonds is 4. The van der Waals surface area contributed by atoms with Crippen LogP contribution in [0.4, 0.5) is 0 Å². The lowest BCUT2D eigenvalue weighted by Gasteiger charge is -2.09. The van der Waals surface area contributed by atoms with Crippen LogP contribution >= 0.6 is 0 Å². The molecule has 0 unspecified atom stereocenters. The number of nitrogens with one attached hydrogen (secondary N) is 1. The fourth-order valence-corrected chi connectivity index (χ4v) is 3.92. The third kappa shape index (κ3) is 3.16. The van der Waals surface area contributed by atoms with E-state index < -0.39 is 5.97 Å². The van der Waals surface area contributed by atoms with Gasteiger partial charge in [-0.2, -0.15) is 0 Å². The maximum atomic E-state index is 11.2. The molecule has 0 aliphatic rings. The average Bonchev–Trinajstić information content (AvgIpc) is 3.19. The van der Waals surface area contributed by atoms with E-state index in [1.165, 1.54) is 10.9 Å². The number of aromatic carboxylic acids is 1. The van der Waals surface area contributed by atoms with Gasteiger partial charge in [0.1, 0.15) is 0 Å². The summed E-state index contributed by atoms with van der Waals surface area (Å²) in [5, 5.41) is 10.3. The Labute approximate surface area is 174 Å². The van der Waals surface area contributed by atoms with E-state index in [9.17, 15) is 4.79 Å². The Bertz CT molecular complexity index is 1350. The van der Waals surface area contributed by atoms with E-state index in [4.69, 9.17) is 5.11 Å². The Hall–Kier alpha value is -4.11. The fraction of sp³-hybridized carbons (Fsp3) is 0. The Morgan fingerprint density at radius 3 is 2.07 bits per heavy atom. The van der Waals surface area contributed by atoms with Gasteiger partial charge >= 0.3 is 5.97 Å². The van der Waals surface area contributed by atoms with Crippen LogP contribution in [0.25, 0.3) is 44.4 Å². The topological polar surface area (TPSA) is 53.1 Å². The molecule has 1 heterocycles. The van der Waals surface area contributed by atoms with E-state index in [-0.39, 0.29) is 5.56 Å². The van der Waals surface area contributed by atoms with Gasteiger partial charge in [0, 0.05) is 16.5 Å². The molecular weight excluding hydrogens is 370 g/mol. The number of carboxylic acid groups (broad SMARTS) is 1. The second-order valence-corrected chi connectivity index (χ2v) is 7.25. The average molecular weight is 389 g/mol. The molecule has 3 heteroatoms. The normalized spacial score (nSPS) is 10.9. The molecule has 0 aliphatic carbocycles. The molecule has 0 saturated heterocycles. The number of para-hydroxylation sites is 1. The number of H-pyrrole nitrogens is 1. The predicted octanol–water partition coefficient (Wildman–Crippen LogP) is 6.87. The van der Waals surface area contributed by atoms with Crippen LogP contribution in [0.2, 0.25) is 0 Å². The van der Waals surface area contributed by atoms with Crippen molar-refractivity contribution in [3.63, 3.8) is 0 Å². The molecule has 1 aromatic heterocycles. The Kier molecular flexibility index (Phi) is 4.41. The summed E-state index contributed by atoms with van der Waals surface area (Å²) in [5.41, 5.74) is 7.94. The minimum Gasteiger partial charge on any atom is -0.478 e. The van der Waals surface area contributed by atoms with Crippen molar-refractivity contribution in [1.82, 2.24) is 4.98 Å². The number of hydrogen-bond acceptors (Lipinski definition) is 1.